The number of carbonyl (C=O) groups is 1. The molecule has 1 heterocycles. The summed E-state index contributed by atoms with van der Waals surface area (Å²) in [7, 11) is 0. The molecule has 3 aromatic rings. The van der Waals surface area contributed by atoms with Crippen LogP contribution in [0, 0.1) is 6.92 Å². The second-order valence-electron chi connectivity index (χ2n) is 5.83. The van der Waals surface area contributed by atoms with Crippen molar-refractivity contribution >= 4 is 70.2 Å². The van der Waals surface area contributed by atoms with E-state index >= 15 is 0 Å². The highest BCUT2D eigenvalue weighted by Crippen LogP contribution is 2.30. The molecule has 10 heteroatoms. The van der Waals surface area contributed by atoms with Gasteiger partial charge in [0.05, 0.1) is 22.0 Å². The molecule has 1 N–H and O–H groups in total. The number of rotatable bonds is 8. The first-order valence-electron chi connectivity index (χ1n) is 8.42. The van der Waals surface area contributed by atoms with Gasteiger partial charge in [0.2, 0.25) is 0 Å². The van der Waals surface area contributed by atoms with Crippen LogP contribution < -0.4 is 5.43 Å². The molecule has 0 fully saturated rings. The highest BCUT2D eigenvalue weighted by atomic mass is 35.5. The summed E-state index contributed by atoms with van der Waals surface area (Å²) in [6.07, 6.45) is 1.43. The lowest BCUT2D eigenvalue weighted by Gasteiger charge is -2.01. The molecule has 5 nitrogen and oxygen atoms in total. The summed E-state index contributed by atoms with van der Waals surface area (Å²) >= 11 is 16.5. The van der Waals surface area contributed by atoms with Crippen molar-refractivity contribution in [2.75, 3.05) is 5.75 Å². The van der Waals surface area contributed by atoms with E-state index in [4.69, 9.17) is 23.2 Å². The molecule has 1 aromatic heterocycles. The summed E-state index contributed by atoms with van der Waals surface area (Å²) < 4.78 is 1.62. The third-order valence-corrected chi connectivity index (χ3v) is 7.50. The Balaban J connectivity index is 1.43. The lowest BCUT2D eigenvalue weighted by molar-refractivity contribution is -0.118. The van der Waals surface area contributed by atoms with E-state index in [2.05, 4.69) is 51.9 Å². The van der Waals surface area contributed by atoms with Gasteiger partial charge in [-0.1, -0.05) is 94.0 Å². The number of hydrazone groups is 1. The van der Waals surface area contributed by atoms with Crippen molar-refractivity contribution in [3.8, 4) is 0 Å². The topological polar surface area (TPSA) is 67.2 Å². The average Bonchev–Trinajstić information content (AvgIpc) is 3.16. The summed E-state index contributed by atoms with van der Waals surface area (Å²) in [5, 5.41) is 13.1. The molecule has 0 aliphatic heterocycles. The zero-order chi connectivity index (χ0) is 20.6. The van der Waals surface area contributed by atoms with Crippen LogP contribution in [0.4, 0.5) is 0 Å². The van der Waals surface area contributed by atoms with Crippen molar-refractivity contribution in [2.24, 2.45) is 5.10 Å². The van der Waals surface area contributed by atoms with Crippen LogP contribution in [-0.4, -0.2) is 28.1 Å². The molecule has 1 amide bonds. The number of hydrogen-bond donors (Lipinski definition) is 1. The third kappa shape index (κ3) is 7.01. The number of halogens is 2. The highest BCUT2D eigenvalue weighted by Gasteiger charge is 2.09. The van der Waals surface area contributed by atoms with Crippen molar-refractivity contribution in [2.45, 2.75) is 21.4 Å². The van der Waals surface area contributed by atoms with Crippen molar-refractivity contribution in [3.05, 3.63) is 69.2 Å². The molecule has 150 valence electrons. The normalized spacial score (nSPS) is 11.1. The fourth-order valence-electron chi connectivity index (χ4n) is 2.11. The summed E-state index contributed by atoms with van der Waals surface area (Å²) in [6, 6.07) is 13.6. The van der Waals surface area contributed by atoms with Gasteiger partial charge in [-0.05, 0) is 24.6 Å². The Hall–Kier alpha value is -1.58. The number of amides is 1. The number of thioether (sulfide) groups is 2. The molecular formula is C19H16Cl2N4OS3. The molecule has 0 saturated heterocycles. The first-order chi connectivity index (χ1) is 14.0. The molecule has 0 aliphatic carbocycles. The second kappa shape index (κ2) is 11.0. The predicted octanol–water partition coefficient (Wildman–Crippen LogP) is 5.69. The van der Waals surface area contributed by atoms with Crippen molar-refractivity contribution in [1.29, 1.82) is 0 Å². The minimum atomic E-state index is -0.251. The van der Waals surface area contributed by atoms with Crippen LogP contribution in [0.1, 0.15) is 16.7 Å². The summed E-state index contributed by atoms with van der Waals surface area (Å²) in [6.45, 7) is 2.07. The molecule has 0 unspecified atom stereocenters. The van der Waals surface area contributed by atoms with Gasteiger partial charge in [-0.3, -0.25) is 4.79 Å². The lowest BCUT2D eigenvalue weighted by atomic mass is 10.2. The minimum Gasteiger partial charge on any atom is -0.272 e. The monoisotopic (exact) mass is 482 g/mol. The summed E-state index contributed by atoms with van der Waals surface area (Å²) in [5.41, 5.74) is 5.49. The van der Waals surface area contributed by atoms with E-state index in [1.54, 1.807) is 30.0 Å². The lowest BCUT2D eigenvalue weighted by Crippen LogP contribution is -2.19. The van der Waals surface area contributed by atoms with Crippen LogP contribution in [0.5, 0.6) is 0 Å². The zero-order valence-electron chi connectivity index (χ0n) is 15.3. The maximum atomic E-state index is 12.0. The van der Waals surface area contributed by atoms with Crippen LogP contribution >= 0.6 is 58.1 Å². The Labute approximate surface area is 191 Å². The van der Waals surface area contributed by atoms with E-state index in [1.807, 2.05) is 0 Å². The SMILES string of the molecule is Cc1ccc(CSc2nnc(SCC(=O)NN=Cc3c(Cl)cccc3Cl)s2)cc1. The maximum Gasteiger partial charge on any atom is 0.250 e. The van der Waals surface area contributed by atoms with E-state index in [9.17, 15) is 4.79 Å². The largest absolute Gasteiger partial charge is 0.272 e. The number of hydrogen-bond acceptors (Lipinski definition) is 7. The summed E-state index contributed by atoms with van der Waals surface area (Å²) in [5.74, 6) is 0.767. The third-order valence-electron chi connectivity index (χ3n) is 3.58. The van der Waals surface area contributed by atoms with E-state index < -0.39 is 0 Å². The molecular weight excluding hydrogens is 467 g/mol. The molecule has 2 aromatic carbocycles. The minimum absolute atomic E-state index is 0.185. The molecule has 0 atom stereocenters. The van der Waals surface area contributed by atoms with E-state index in [-0.39, 0.29) is 11.7 Å². The van der Waals surface area contributed by atoms with Gasteiger partial charge in [-0.15, -0.1) is 10.2 Å². The van der Waals surface area contributed by atoms with Gasteiger partial charge in [-0.25, -0.2) is 5.43 Å². The second-order valence-corrected chi connectivity index (χ2v) is 10.1. The fraction of sp³-hybridized carbons (Fsp3) is 0.158. The van der Waals surface area contributed by atoms with Crippen molar-refractivity contribution in [3.63, 3.8) is 0 Å². The Kier molecular flexibility index (Phi) is 8.38. The van der Waals surface area contributed by atoms with Crippen LogP contribution in [0.3, 0.4) is 0 Å². The van der Waals surface area contributed by atoms with E-state index in [0.717, 1.165) is 14.4 Å². The van der Waals surface area contributed by atoms with Gasteiger partial charge in [0.15, 0.2) is 8.68 Å². The van der Waals surface area contributed by atoms with Gasteiger partial charge in [0, 0.05) is 11.3 Å². The quantitative estimate of drug-likeness (QED) is 0.253. The Morgan fingerprint density at radius 3 is 2.45 bits per heavy atom. The van der Waals surface area contributed by atoms with Crippen LogP contribution in [0.15, 0.2) is 56.2 Å². The molecule has 0 bridgehead atoms. The van der Waals surface area contributed by atoms with Gasteiger partial charge < -0.3 is 0 Å². The number of carbonyl (C=O) groups excluding carboxylic acids is 1. The van der Waals surface area contributed by atoms with Gasteiger partial charge in [-0.2, -0.15) is 5.10 Å². The number of aromatic nitrogens is 2. The van der Waals surface area contributed by atoms with Crippen molar-refractivity contribution < 1.29 is 4.79 Å². The van der Waals surface area contributed by atoms with Crippen LogP contribution in [0.25, 0.3) is 0 Å². The van der Waals surface area contributed by atoms with E-state index in [0.29, 0.717) is 15.6 Å². The number of nitrogens with one attached hydrogen (secondary N) is 1. The Morgan fingerprint density at radius 2 is 1.76 bits per heavy atom. The smallest absolute Gasteiger partial charge is 0.250 e. The predicted molar refractivity (Wildman–Crippen MR) is 124 cm³/mol. The van der Waals surface area contributed by atoms with Crippen molar-refractivity contribution in [1.82, 2.24) is 15.6 Å². The molecule has 0 radical (unpaired) electrons. The Bertz CT molecular complexity index is 989. The van der Waals surface area contributed by atoms with Gasteiger partial charge in [0.25, 0.3) is 5.91 Å². The highest BCUT2D eigenvalue weighted by molar-refractivity contribution is 8.03. The number of nitrogens with zero attached hydrogens (tertiary/aromatic N) is 3. The molecule has 0 saturated carbocycles. The van der Waals surface area contributed by atoms with Crippen LogP contribution in [-0.2, 0) is 10.5 Å². The Morgan fingerprint density at radius 1 is 1.10 bits per heavy atom. The van der Waals surface area contributed by atoms with Gasteiger partial charge in [0.1, 0.15) is 0 Å². The fourth-order valence-corrected chi connectivity index (χ4v) is 5.37. The maximum absolute atomic E-state index is 12.0. The molecule has 0 aliphatic rings. The standard InChI is InChI=1S/C19H16Cl2N4OS3/c1-12-5-7-13(8-6-12)10-27-18-24-25-19(29-18)28-11-17(26)23-22-9-14-15(20)3-2-4-16(14)21/h2-9H,10-11H2,1H3,(H,23,26). The number of benzene rings is 2. The molecule has 29 heavy (non-hydrogen) atoms. The van der Waals surface area contributed by atoms with E-state index in [1.165, 1.54) is 40.4 Å². The summed E-state index contributed by atoms with van der Waals surface area (Å²) in [4.78, 5) is 12.0. The molecule has 0 spiro atoms. The van der Waals surface area contributed by atoms with Gasteiger partial charge >= 0.3 is 0 Å². The first-order valence-corrected chi connectivity index (χ1v) is 12.0. The van der Waals surface area contributed by atoms with Crippen LogP contribution in [0.2, 0.25) is 10.0 Å². The zero-order valence-corrected chi connectivity index (χ0v) is 19.2. The average molecular weight is 483 g/mol. The molecule has 3 rings (SSSR count). The number of aryl methyl sites for hydroxylation is 1. The first kappa shape index (κ1) is 22.1.